The lowest BCUT2D eigenvalue weighted by Gasteiger charge is -2.06. The molecule has 0 spiro atoms. The molecule has 0 amide bonds. The second-order valence-electron chi connectivity index (χ2n) is 3.03. The Hall–Kier alpha value is -0.620. The molecule has 0 aliphatic heterocycles. The molecule has 0 fully saturated rings. The SMILES string of the molecule is CS(=O)(=O)Cc1cc(F)cc(Br)c1N. The Morgan fingerprint density at radius 1 is 1.50 bits per heavy atom. The molecule has 14 heavy (non-hydrogen) atoms. The summed E-state index contributed by atoms with van der Waals surface area (Å²) in [7, 11) is -3.20. The zero-order valence-corrected chi connectivity index (χ0v) is 9.82. The van der Waals surface area contributed by atoms with E-state index in [-0.39, 0.29) is 17.0 Å². The maximum atomic E-state index is 12.9. The molecule has 0 heterocycles. The summed E-state index contributed by atoms with van der Waals surface area (Å²) in [5.74, 6) is -0.764. The van der Waals surface area contributed by atoms with Crippen molar-refractivity contribution in [3.8, 4) is 0 Å². The molecular weight excluding hydrogens is 273 g/mol. The van der Waals surface area contributed by atoms with E-state index in [1.54, 1.807) is 0 Å². The topological polar surface area (TPSA) is 60.2 Å². The van der Waals surface area contributed by atoms with Crippen LogP contribution in [0.3, 0.4) is 0 Å². The van der Waals surface area contributed by atoms with Crippen LogP contribution < -0.4 is 5.73 Å². The Labute approximate surface area is 90.2 Å². The summed E-state index contributed by atoms with van der Waals surface area (Å²) in [4.78, 5) is 0. The van der Waals surface area contributed by atoms with Gasteiger partial charge in [-0.15, -0.1) is 0 Å². The van der Waals surface area contributed by atoms with Crippen molar-refractivity contribution in [2.45, 2.75) is 5.75 Å². The van der Waals surface area contributed by atoms with E-state index in [0.29, 0.717) is 4.47 Å². The number of hydrogen-bond donors (Lipinski definition) is 1. The number of anilines is 1. The first kappa shape index (κ1) is 11.5. The van der Waals surface area contributed by atoms with Crippen molar-refractivity contribution in [2.24, 2.45) is 0 Å². The minimum absolute atomic E-state index is 0.255. The Morgan fingerprint density at radius 2 is 2.07 bits per heavy atom. The van der Waals surface area contributed by atoms with Gasteiger partial charge < -0.3 is 5.73 Å². The third-order valence-corrected chi connectivity index (χ3v) is 3.09. The van der Waals surface area contributed by atoms with Gasteiger partial charge in [-0.2, -0.15) is 0 Å². The monoisotopic (exact) mass is 281 g/mol. The number of hydrogen-bond acceptors (Lipinski definition) is 3. The third kappa shape index (κ3) is 2.95. The molecule has 2 N–H and O–H groups in total. The van der Waals surface area contributed by atoms with Gasteiger partial charge in [0.25, 0.3) is 0 Å². The molecule has 1 aromatic rings. The molecule has 0 radical (unpaired) electrons. The van der Waals surface area contributed by atoms with Crippen molar-refractivity contribution in [3.63, 3.8) is 0 Å². The summed E-state index contributed by atoms with van der Waals surface area (Å²) >= 11 is 3.04. The largest absolute Gasteiger partial charge is 0.398 e. The van der Waals surface area contributed by atoms with E-state index in [1.807, 2.05) is 0 Å². The molecular formula is C8H9BrFNO2S. The smallest absolute Gasteiger partial charge is 0.151 e. The van der Waals surface area contributed by atoms with Gasteiger partial charge in [0, 0.05) is 10.7 Å². The summed E-state index contributed by atoms with van der Waals surface area (Å²) in [6, 6.07) is 2.32. The molecule has 0 bridgehead atoms. The molecule has 0 aliphatic rings. The van der Waals surface area contributed by atoms with E-state index in [9.17, 15) is 12.8 Å². The van der Waals surface area contributed by atoms with Crippen LogP contribution in [0.5, 0.6) is 0 Å². The fourth-order valence-corrected chi connectivity index (χ4v) is 2.32. The molecule has 78 valence electrons. The van der Waals surface area contributed by atoms with E-state index in [0.717, 1.165) is 12.3 Å². The first-order valence-corrected chi connectivity index (χ1v) is 6.56. The van der Waals surface area contributed by atoms with Gasteiger partial charge >= 0.3 is 0 Å². The van der Waals surface area contributed by atoms with Gasteiger partial charge in [0.05, 0.1) is 11.4 Å². The summed E-state index contributed by atoms with van der Waals surface area (Å²) < 4.78 is 35.2. The molecule has 6 heteroatoms. The average molecular weight is 282 g/mol. The lowest BCUT2D eigenvalue weighted by molar-refractivity contribution is 0.600. The lowest BCUT2D eigenvalue weighted by atomic mass is 10.2. The Balaban J connectivity index is 3.22. The summed E-state index contributed by atoms with van der Waals surface area (Å²) in [6.45, 7) is 0. The van der Waals surface area contributed by atoms with Crippen molar-refractivity contribution in [3.05, 3.63) is 28.0 Å². The third-order valence-electron chi connectivity index (χ3n) is 1.60. The zero-order valence-electron chi connectivity index (χ0n) is 7.42. The standard InChI is InChI=1S/C8H9BrFNO2S/c1-14(12,13)4-5-2-6(10)3-7(9)8(5)11/h2-3H,4,11H2,1H3. The van der Waals surface area contributed by atoms with Gasteiger partial charge in [-0.05, 0) is 33.6 Å². The Bertz CT molecular complexity index is 459. The van der Waals surface area contributed by atoms with Crippen LogP contribution in [0.15, 0.2) is 16.6 Å². The number of nitrogens with two attached hydrogens (primary N) is 1. The highest BCUT2D eigenvalue weighted by Crippen LogP contribution is 2.26. The molecule has 0 saturated carbocycles. The van der Waals surface area contributed by atoms with Crippen molar-refractivity contribution in [1.29, 1.82) is 0 Å². The molecule has 3 nitrogen and oxygen atoms in total. The first-order chi connectivity index (χ1) is 6.29. The lowest BCUT2D eigenvalue weighted by Crippen LogP contribution is -2.05. The van der Waals surface area contributed by atoms with Crippen LogP contribution in [-0.4, -0.2) is 14.7 Å². The van der Waals surface area contributed by atoms with Gasteiger partial charge in [0.1, 0.15) is 5.82 Å². The van der Waals surface area contributed by atoms with E-state index in [4.69, 9.17) is 5.73 Å². The zero-order chi connectivity index (χ0) is 10.9. The van der Waals surface area contributed by atoms with E-state index >= 15 is 0 Å². The van der Waals surface area contributed by atoms with Crippen LogP contribution >= 0.6 is 15.9 Å². The van der Waals surface area contributed by atoms with Crippen LogP contribution in [0.1, 0.15) is 5.56 Å². The van der Waals surface area contributed by atoms with E-state index in [1.165, 1.54) is 6.07 Å². The first-order valence-electron chi connectivity index (χ1n) is 3.71. The molecule has 0 aliphatic carbocycles. The van der Waals surface area contributed by atoms with Gasteiger partial charge in [-0.25, -0.2) is 12.8 Å². The van der Waals surface area contributed by atoms with Gasteiger partial charge in [-0.1, -0.05) is 0 Å². The molecule has 0 saturated heterocycles. The van der Waals surface area contributed by atoms with Crippen LogP contribution in [0.2, 0.25) is 0 Å². The van der Waals surface area contributed by atoms with Crippen molar-refractivity contribution >= 4 is 31.5 Å². The molecule has 1 rings (SSSR count). The van der Waals surface area contributed by atoms with Crippen molar-refractivity contribution < 1.29 is 12.8 Å². The number of nitrogen functional groups attached to an aromatic ring is 1. The minimum Gasteiger partial charge on any atom is -0.398 e. The fourth-order valence-electron chi connectivity index (χ4n) is 1.04. The summed E-state index contributed by atoms with van der Waals surface area (Å²) in [6.07, 6.45) is 1.07. The highest BCUT2D eigenvalue weighted by molar-refractivity contribution is 9.10. The van der Waals surface area contributed by atoms with Crippen molar-refractivity contribution in [2.75, 3.05) is 12.0 Å². The predicted molar refractivity (Wildman–Crippen MR) is 57.1 cm³/mol. The van der Waals surface area contributed by atoms with E-state index in [2.05, 4.69) is 15.9 Å². The predicted octanol–water partition coefficient (Wildman–Crippen LogP) is 1.72. The Kier molecular flexibility index (Phi) is 3.16. The highest BCUT2D eigenvalue weighted by atomic mass is 79.9. The van der Waals surface area contributed by atoms with Crippen LogP contribution in [0.4, 0.5) is 10.1 Å². The Morgan fingerprint density at radius 3 is 2.57 bits per heavy atom. The molecule has 0 unspecified atom stereocenters. The van der Waals surface area contributed by atoms with Gasteiger partial charge in [0.15, 0.2) is 9.84 Å². The minimum atomic E-state index is -3.20. The quantitative estimate of drug-likeness (QED) is 0.840. The second-order valence-corrected chi connectivity index (χ2v) is 6.03. The average Bonchev–Trinajstić information content (AvgIpc) is 1.96. The number of sulfone groups is 1. The van der Waals surface area contributed by atoms with Crippen LogP contribution in [0, 0.1) is 5.82 Å². The van der Waals surface area contributed by atoms with Gasteiger partial charge in [-0.3, -0.25) is 0 Å². The molecule has 1 aromatic carbocycles. The number of benzene rings is 1. The van der Waals surface area contributed by atoms with Gasteiger partial charge in [0.2, 0.25) is 0 Å². The highest BCUT2D eigenvalue weighted by Gasteiger charge is 2.11. The maximum absolute atomic E-state index is 12.9. The maximum Gasteiger partial charge on any atom is 0.151 e. The fraction of sp³-hybridized carbons (Fsp3) is 0.250. The van der Waals surface area contributed by atoms with E-state index < -0.39 is 15.7 Å². The molecule has 0 aromatic heterocycles. The van der Waals surface area contributed by atoms with Crippen molar-refractivity contribution in [1.82, 2.24) is 0 Å². The van der Waals surface area contributed by atoms with Crippen LogP contribution in [-0.2, 0) is 15.6 Å². The second kappa shape index (κ2) is 3.86. The normalized spacial score (nSPS) is 11.6. The summed E-state index contributed by atoms with van der Waals surface area (Å²) in [5, 5.41) is 0. The molecule has 0 atom stereocenters. The number of rotatable bonds is 2. The van der Waals surface area contributed by atoms with Crippen LogP contribution in [0.25, 0.3) is 0 Å². The summed E-state index contributed by atoms with van der Waals surface area (Å²) in [5.41, 5.74) is 6.12. The number of halogens is 2.